The maximum Gasteiger partial charge on any atom is 0.234 e. The fourth-order valence-corrected chi connectivity index (χ4v) is 2.71. The zero-order valence-corrected chi connectivity index (χ0v) is 14.2. The summed E-state index contributed by atoms with van der Waals surface area (Å²) in [5.74, 6) is 1.64. The van der Waals surface area contributed by atoms with Crippen molar-refractivity contribution in [2.75, 3.05) is 24.3 Å². The standard InChI is InChI=1S/C18H21NO3S/c1-3-21-16-11-10-14(12-17(16)22-4-2)19-18(20)13-23-15-8-6-5-7-9-15/h5-12H,3-4,13H2,1-2H3,(H,19,20). The molecule has 1 amide bonds. The van der Waals surface area contributed by atoms with Crippen molar-refractivity contribution in [3.05, 3.63) is 48.5 Å². The number of benzene rings is 2. The smallest absolute Gasteiger partial charge is 0.234 e. The largest absolute Gasteiger partial charge is 0.490 e. The first-order valence-corrected chi connectivity index (χ1v) is 8.58. The average Bonchev–Trinajstić information content (AvgIpc) is 2.57. The molecule has 0 saturated carbocycles. The Hall–Kier alpha value is -2.14. The van der Waals surface area contributed by atoms with E-state index in [2.05, 4.69) is 5.32 Å². The Morgan fingerprint density at radius 3 is 2.39 bits per heavy atom. The van der Waals surface area contributed by atoms with E-state index < -0.39 is 0 Å². The fourth-order valence-electron chi connectivity index (χ4n) is 1.99. The molecular formula is C18H21NO3S. The molecule has 0 aliphatic rings. The van der Waals surface area contributed by atoms with Crippen LogP contribution >= 0.6 is 11.8 Å². The third-order valence-electron chi connectivity index (χ3n) is 2.94. The molecule has 0 aliphatic heterocycles. The maximum atomic E-state index is 12.1. The molecule has 122 valence electrons. The molecule has 23 heavy (non-hydrogen) atoms. The Bertz CT molecular complexity index is 631. The molecule has 0 radical (unpaired) electrons. The van der Waals surface area contributed by atoms with E-state index in [4.69, 9.17) is 9.47 Å². The van der Waals surface area contributed by atoms with Crippen LogP contribution in [-0.4, -0.2) is 24.9 Å². The van der Waals surface area contributed by atoms with E-state index in [0.717, 1.165) is 4.90 Å². The summed E-state index contributed by atoms with van der Waals surface area (Å²) in [6.45, 7) is 4.95. The number of ether oxygens (including phenoxy) is 2. The quantitative estimate of drug-likeness (QED) is 0.736. The SMILES string of the molecule is CCOc1ccc(NC(=O)CSc2ccccc2)cc1OCC. The molecule has 0 fully saturated rings. The lowest BCUT2D eigenvalue weighted by molar-refractivity contribution is -0.113. The van der Waals surface area contributed by atoms with Crippen molar-refractivity contribution in [1.29, 1.82) is 0 Å². The average molecular weight is 331 g/mol. The zero-order valence-electron chi connectivity index (χ0n) is 13.4. The van der Waals surface area contributed by atoms with E-state index in [0.29, 0.717) is 36.2 Å². The highest BCUT2D eigenvalue weighted by atomic mass is 32.2. The second-order valence-electron chi connectivity index (χ2n) is 4.68. The molecule has 0 bridgehead atoms. The lowest BCUT2D eigenvalue weighted by Gasteiger charge is -2.13. The number of hydrogen-bond acceptors (Lipinski definition) is 4. The molecule has 4 nitrogen and oxygen atoms in total. The fraction of sp³-hybridized carbons (Fsp3) is 0.278. The van der Waals surface area contributed by atoms with Gasteiger partial charge in [0.1, 0.15) is 0 Å². The molecule has 0 heterocycles. The minimum atomic E-state index is -0.0505. The maximum absolute atomic E-state index is 12.1. The summed E-state index contributed by atoms with van der Waals surface area (Å²) in [7, 11) is 0. The number of anilines is 1. The van der Waals surface area contributed by atoms with Gasteiger partial charge in [0.2, 0.25) is 5.91 Å². The van der Waals surface area contributed by atoms with E-state index in [-0.39, 0.29) is 5.91 Å². The van der Waals surface area contributed by atoms with Crippen LogP contribution in [0.2, 0.25) is 0 Å². The predicted molar refractivity (Wildman–Crippen MR) is 94.6 cm³/mol. The Morgan fingerprint density at radius 1 is 1.00 bits per heavy atom. The summed E-state index contributed by atoms with van der Waals surface area (Å²) in [5.41, 5.74) is 0.704. The van der Waals surface area contributed by atoms with Gasteiger partial charge in [-0.1, -0.05) is 18.2 Å². The van der Waals surface area contributed by atoms with Crippen LogP contribution in [0.3, 0.4) is 0 Å². The van der Waals surface area contributed by atoms with Gasteiger partial charge in [-0.2, -0.15) is 0 Å². The summed E-state index contributed by atoms with van der Waals surface area (Å²) in [6.07, 6.45) is 0. The molecular weight excluding hydrogens is 310 g/mol. The Morgan fingerprint density at radius 2 is 1.70 bits per heavy atom. The number of nitrogens with one attached hydrogen (secondary N) is 1. The number of carbonyl (C=O) groups excluding carboxylic acids is 1. The van der Waals surface area contributed by atoms with Crippen LogP contribution in [0.4, 0.5) is 5.69 Å². The number of carbonyl (C=O) groups is 1. The van der Waals surface area contributed by atoms with Crippen molar-refractivity contribution in [3.63, 3.8) is 0 Å². The molecule has 5 heteroatoms. The summed E-state index contributed by atoms with van der Waals surface area (Å²) in [5, 5.41) is 2.88. The molecule has 0 aromatic heterocycles. The van der Waals surface area contributed by atoms with Crippen molar-refractivity contribution >= 4 is 23.4 Å². The second kappa shape index (κ2) is 9.10. The highest BCUT2D eigenvalue weighted by molar-refractivity contribution is 8.00. The summed E-state index contributed by atoms with van der Waals surface area (Å²) in [6, 6.07) is 15.3. The van der Waals surface area contributed by atoms with Crippen LogP contribution < -0.4 is 14.8 Å². The number of amides is 1. The van der Waals surface area contributed by atoms with Crippen LogP contribution in [0.15, 0.2) is 53.4 Å². The van der Waals surface area contributed by atoms with Gasteiger partial charge in [0.25, 0.3) is 0 Å². The number of rotatable bonds is 8. The molecule has 2 aromatic rings. The van der Waals surface area contributed by atoms with Gasteiger partial charge >= 0.3 is 0 Å². The highest BCUT2D eigenvalue weighted by Gasteiger charge is 2.09. The van der Waals surface area contributed by atoms with Gasteiger partial charge < -0.3 is 14.8 Å². The topological polar surface area (TPSA) is 47.6 Å². The van der Waals surface area contributed by atoms with Crippen molar-refractivity contribution in [3.8, 4) is 11.5 Å². The summed E-state index contributed by atoms with van der Waals surface area (Å²) < 4.78 is 11.1. The molecule has 0 saturated heterocycles. The van der Waals surface area contributed by atoms with Gasteiger partial charge in [0, 0.05) is 16.6 Å². The van der Waals surface area contributed by atoms with Crippen LogP contribution in [0.5, 0.6) is 11.5 Å². The minimum Gasteiger partial charge on any atom is -0.490 e. The Kier molecular flexibility index (Phi) is 6.81. The van der Waals surface area contributed by atoms with E-state index in [1.54, 1.807) is 6.07 Å². The Balaban J connectivity index is 1.96. The van der Waals surface area contributed by atoms with Crippen molar-refractivity contribution in [2.45, 2.75) is 18.7 Å². The van der Waals surface area contributed by atoms with E-state index in [1.165, 1.54) is 11.8 Å². The summed E-state index contributed by atoms with van der Waals surface area (Å²) >= 11 is 1.51. The normalized spacial score (nSPS) is 10.2. The van der Waals surface area contributed by atoms with Crippen LogP contribution in [0.1, 0.15) is 13.8 Å². The monoisotopic (exact) mass is 331 g/mol. The number of thioether (sulfide) groups is 1. The minimum absolute atomic E-state index is 0.0505. The first-order chi connectivity index (χ1) is 11.2. The molecule has 0 aliphatic carbocycles. The van der Waals surface area contributed by atoms with Crippen LogP contribution in [0.25, 0.3) is 0 Å². The molecule has 0 unspecified atom stereocenters. The lowest BCUT2D eigenvalue weighted by Crippen LogP contribution is -2.14. The first kappa shape index (κ1) is 17.2. The van der Waals surface area contributed by atoms with Gasteiger partial charge in [0.05, 0.1) is 19.0 Å². The zero-order chi connectivity index (χ0) is 16.5. The Labute approximate surface area is 141 Å². The van der Waals surface area contributed by atoms with Crippen molar-refractivity contribution in [1.82, 2.24) is 0 Å². The van der Waals surface area contributed by atoms with E-state index in [9.17, 15) is 4.79 Å². The van der Waals surface area contributed by atoms with Gasteiger partial charge in [-0.3, -0.25) is 4.79 Å². The van der Waals surface area contributed by atoms with Gasteiger partial charge in [-0.05, 0) is 38.1 Å². The van der Waals surface area contributed by atoms with Gasteiger partial charge in [-0.25, -0.2) is 0 Å². The van der Waals surface area contributed by atoms with E-state index >= 15 is 0 Å². The second-order valence-corrected chi connectivity index (χ2v) is 5.73. The molecule has 0 atom stereocenters. The van der Waals surface area contributed by atoms with Crippen molar-refractivity contribution in [2.24, 2.45) is 0 Å². The van der Waals surface area contributed by atoms with Gasteiger partial charge in [-0.15, -0.1) is 11.8 Å². The lowest BCUT2D eigenvalue weighted by atomic mass is 10.2. The van der Waals surface area contributed by atoms with Gasteiger partial charge in [0.15, 0.2) is 11.5 Å². The third kappa shape index (κ3) is 5.53. The molecule has 2 aromatic carbocycles. The molecule has 2 rings (SSSR count). The first-order valence-electron chi connectivity index (χ1n) is 7.60. The van der Waals surface area contributed by atoms with Crippen LogP contribution in [-0.2, 0) is 4.79 Å². The van der Waals surface area contributed by atoms with Crippen molar-refractivity contribution < 1.29 is 14.3 Å². The third-order valence-corrected chi connectivity index (χ3v) is 3.95. The highest BCUT2D eigenvalue weighted by Crippen LogP contribution is 2.30. The summed E-state index contributed by atoms with van der Waals surface area (Å²) in [4.78, 5) is 13.1. The molecule has 0 spiro atoms. The van der Waals surface area contributed by atoms with E-state index in [1.807, 2.05) is 56.3 Å². The number of hydrogen-bond donors (Lipinski definition) is 1. The van der Waals surface area contributed by atoms with Crippen LogP contribution in [0, 0.1) is 0 Å². The predicted octanol–water partition coefficient (Wildman–Crippen LogP) is 4.21. The molecule has 1 N–H and O–H groups in total.